The van der Waals surface area contributed by atoms with Crippen LogP contribution in [-0.4, -0.2) is 78.2 Å². The van der Waals surface area contributed by atoms with Crippen LogP contribution in [0.5, 0.6) is 0 Å². The fourth-order valence-electron chi connectivity index (χ4n) is 4.82. The number of halogens is 1. The van der Waals surface area contributed by atoms with Gasteiger partial charge in [0.1, 0.15) is 11.9 Å². The van der Waals surface area contributed by atoms with Crippen molar-refractivity contribution in [2.24, 2.45) is 5.92 Å². The second-order valence-electron chi connectivity index (χ2n) is 8.61. The molecule has 2 heterocycles. The predicted molar refractivity (Wildman–Crippen MR) is 119 cm³/mol. The summed E-state index contributed by atoms with van der Waals surface area (Å²) in [6.45, 7) is 4.54. The van der Waals surface area contributed by atoms with Crippen LogP contribution in [0.2, 0.25) is 0 Å². The fourth-order valence-corrected chi connectivity index (χ4v) is 6.46. The average Bonchev–Trinajstić information content (AvgIpc) is 3.25. The van der Waals surface area contributed by atoms with Crippen LogP contribution in [0.25, 0.3) is 0 Å². The van der Waals surface area contributed by atoms with E-state index in [0.717, 1.165) is 45.7 Å². The maximum Gasteiger partial charge on any atom is 0.255 e. The number of thioether (sulfide) groups is 1. The summed E-state index contributed by atoms with van der Waals surface area (Å²) in [6.07, 6.45) is 5.73. The van der Waals surface area contributed by atoms with E-state index in [2.05, 4.69) is 10.2 Å². The van der Waals surface area contributed by atoms with Crippen molar-refractivity contribution in [1.82, 2.24) is 15.1 Å². The van der Waals surface area contributed by atoms with Gasteiger partial charge in [0.15, 0.2) is 0 Å². The molecule has 2 saturated heterocycles. The number of hydrogen-bond acceptors (Lipinski definition) is 5. The minimum absolute atomic E-state index is 0.0222. The minimum Gasteiger partial charge on any atom is -0.379 e. The Balaban J connectivity index is 1.45. The Morgan fingerprint density at radius 1 is 1.16 bits per heavy atom. The molecule has 8 heteroatoms. The third kappa shape index (κ3) is 5.59. The zero-order valence-electron chi connectivity index (χ0n) is 17.9. The van der Waals surface area contributed by atoms with E-state index in [1.54, 1.807) is 28.8 Å². The molecule has 2 atom stereocenters. The predicted octanol–water partition coefficient (Wildman–Crippen LogP) is 2.74. The first kappa shape index (κ1) is 22.6. The van der Waals surface area contributed by atoms with Gasteiger partial charge in [-0.05, 0) is 37.0 Å². The van der Waals surface area contributed by atoms with Gasteiger partial charge in [-0.25, -0.2) is 4.39 Å². The Kier molecular flexibility index (Phi) is 7.85. The van der Waals surface area contributed by atoms with Crippen molar-refractivity contribution in [2.75, 3.05) is 45.1 Å². The highest BCUT2D eigenvalue weighted by Crippen LogP contribution is 2.41. The van der Waals surface area contributed by atoms with Gasteiger partial charge < -0.3 is 15.0 Å². The fraction of sp³-hybridized carbons (Fsp3) is 0.652. The maximum atomic E-state index is 13.8. The molecule has 3 fully saturated rings. The molecule has 0 bridgehead atoms. The number of carbonyl (C=O) groups excluding carboxylic acids is 2. The Hall–Kier alpha value is -1.64. The number of ether oxygens (including phenoxy) is 1. The van der Waals surface area contributed by atoms with E-state index >= 15 is 0 Å². The van der Waals surface area contributed by atoms with Crippen LogP contribution in [0.3, 0.4) is 0 Å². The van der Waals surface area contributed by atoms with Crippen LogP contribution in [0.15, 0.2) is 24.3 Å². The first-order valence-electron chi connectivity index (χ1n) is 11.4. The molecule has 31 heavy (non-hydrogen) atoms. The third-order valence-corrected chi connectivity index (χ3v) is 7.99. The second-order valence-corrected chi connectivity index (χ2v) is 9.76. The van der Waals surface area contributed by atoms with Gasteiger partial charge in [0.05, 0.1) is 18.6 Å². The molecule has 4 rings (SSSR count). The Morgan fingerprint density at radius 3 is 2.68 bits per heavy atom. The number of nitrogens with zero attached hydrogens (tertiary/aromatic N) is 2. The largest absolute Gasteiger partial charge is 0.379 e. The summed E-state index contributed by atoms with van der Waals surface area (Å²) < 4.78 is 19.2. The molecule has 1 N–H and O–H groups in total. The van der Waals surface area contributed by atoms with Crippen molar-refractivity contribution in [3.63, 3.8) is 0 Å². The van der Waals surface area contributed by atoms with Gasteiger partial charge in [-0.2, -0.15) is 0 Å². The molecule has 6 nitrogen and oxygen atoms in total. The van der Waals surface area contributed by atoms with Crippen LogP contribution in [-0.2, 0) is 9.53 Å². The molecule has 3 aliphatic rings. The second kappa shape index (κ2) is 10.8. The zero-order chi connectivity index (χ0) is 21.6. The molecule has 1 aromatic carbocycles. The lowest BCUT2D eigenvalue weighted by molar-refractivity contribution is -0.125. The molecule has 2 amide bonds. The maximum absolute atomic E-state index is 13.8. The zero-order valence-corrected chi connectivity index (χ0v) is 18.7. The first-order valence-corrected chi connectivity index (χ1v) is 12.5. The summed E-state index contributed by atoms with van der Waals surface area (Å²) in [5, 5.41) is 3.02. The molecule has 0 spiro atoms. The van der Waals surface area contributed by atoms with E-state index in [1.165, 1.54) is 31.4 Å². The van der Waals surface area contributed by atoms with E-state index in [1.807, 2.05) is 0 Å². The monoisotopic (exact) mass is 449 g/mol. The molecule has 1 aromatic rings. The van der Waals surface area contributed by atoms with Gasteiger partial charge in [-0.3, -0.25) is 14.5 Å². The molecule has 1 aliphatic carbocycles. The SMILES string of the molecule is O=C(NCCN1CCOCC1)[C@H]1CS[C@H](C2CCCCC2)N1C(=O)c1cccc(F)c1. The topological polar surface area (TPSA) is 61.9 Å². The van der Waals surface area contributed by atoms with Crippen LogP contribution < -0.4 is 5.32 Å². The lowest BCUT2D eigenvalue weighted by Crippen LogP contribution is -2.52. The van der Waals surface area contributed by atoms with Crippen molar-refractivity contribution in [2.45, 2.75) is 43.5 Å². The van der Waals surface area contributed by atoms with E-state index in [4.69, 9.17) is 4.74 Å². The number of nitrogens with one attached hydrogen (secondary N) is 1. The summed E-state index contributed by atoms with van der Waals surface area (Å²) in [4.78, 5) is 30.5. The quantitative estimate of drug-likeness (QED) is 0.724. The number of hydrogen-bond donors (Lipinski definition) is 1. The highest BCUT2D eigenvalue weighted by Gasteiger charge is 2.45. The summed E-state index contributed by atoms with van der Waals surface area (Å²) in [7, 11) is 0. The lowest BCUT2D eigenvalue weighted by Gasteiger charge is -2.35. The van der Waals surface area contributed by atoms with Crippen LogP contribution in [0.1, 0.15) is 42.5 Å². The van der Waals surface area contributed by atoms with Crippen molar-refractivity contribution >= 4 is 23.6 Å². The minimum atomic E-state index is -0.516. The highest BCUT2D eigenvalue weighted by molar-refractivity contribution is 8.00. The van der Waals surface area contributed by atoms with Crippen LogP contribution >= 0.6 is 11.8 Å². The number of morpholine rings is 1. The third-order valence-electron chi connectivity index (χ3n) is 6.53. The normalized spacial score (nSPS) is 25.5. The standard InChI is InChI=1S/C23H32FN3O3S/c24-19-8-4-7-18(15-19)22(29)27-20(16-31-23(27)17-5-2-1-3-6-17)21(28)25-9-10-26-11-13-30-14-12-26/h4,7-8,15,17,20,23H,1-3,5-6,9-14,16H2,(H,25,28)/t20-,23-/m1/s1. The molecule has 170 valence electrons. The summed E-state index contributed by atoms with van der Waals surface area (Å²) >= 11 is 1.71. The highest BCUT2D eigenvalue weighted by atomic mass is 32.2. The molecular weight excluding hydrogens is 417 g/mol. The molecular formula is C23H32FN3O3S. The first-order chi connectivity index (χ1) is 15.1. The molecule has 1 saturated carbocycles. The van der Waals surface area contributed by atoms with Gasteiger partial charge in [-0.15, -0.1) is 11.8 Å². The van der Waals surface area contributed by atoms with Gasteiger partial charge in [-0.1, -0.05) is 25.3 Å². The van der Waals surface area contributed by atoms with Crippen LogP contribution in [0.4, 0.5) is 4.39 Å². The Bertz CT molecular complexity index is 768. The van der Waals surface area contributed by atoms with E-state index < -0.39 is 11.9 Å². The van der Waals surface area contributed by atoms with Crippen molar-refractivity contribution < 1.29 is 18.7 Å². The van der Waals surface area contributed by atoms with Gasteiger partial charge >= 0.3 is 0 Å². The van der Waals surface area contributed by atoms with Gasteiger partial charge in [0.25, 0.3) is 5.91 Å². The summed E-state index contributed by atoms with van der Waals surface area (Å²) in [6, 6.07) is 5.29. The van der Waals surface area contributed by atoms with Crippen molar-refractivity contribution in [3.8, 4) is 0 Å². The molecule has 0 radical (unpaired) electrons. The number of benzene rings is 1. The Labute approximate surface area is 187 Å². The summed E-state index contributed by atoms with van der Waals surface area (Å²) in [5.41, 5.74) is 0.314. The smallest absolute Gasteiger partial charge is 0.255 e. The van der Waals surface area contributed by atoms with E-state index in [0.29, 0.717) is 23.8 Å². The van der Waals surface area contributed by atoms with E-state index in [9.17, 15) is 14.0 Å². The van der Waals surface area contributed by atoms with Crippen molar-refractivity contribution in [1.29, 1.82) is 0 Å². The lowest BCUT2D eigenvalue weighted by atomic mass is 9.88. The number of amides is 2. The van der Waals surface area contributed by atoms with Gasteiger partial charge in [0.2, 0.25) is 5.91 Å². The number of rotatable bonds is 6. The van der Waals surface area contributed by atoms with Crippen molar-refractivity contribution in [3.05, 3.63) is 35.6 Å². The summed E-state index contributed by atoms with van der Waals surface area (Å²) in [5.74, 6) is 0.198. The van der Waals surface area contributed by atoms with Gasteiger partial charge in [0, 0.05) is 37.5 Å². The molecule has 2 aliphatic heterocycles. The Morgan fingerprint density at radius 2 is 1.94 bits per heavy atom. The van der Waals surface area contributed by atoms with Crippen LogP contribution in [0, 0.1) is 11.7 Å². The van der Waals surface area contributed by atoms with E-state index in [-0.39, 0.29) is 17.2 Å². The average molecular weight is 450 g/mol. The molecule has 0 unspecified atom stereocenters. The number of carbonyl (C=O) groups is 2. The molecule has 0 aromatic heterocycles.